The summed E-state index contributed by atoms with van der Waals surface area (Å²) in [6.45, 7) is 0. The molecule has 2 aromatic rings. The van der Waals surface area contributed by atoms with Gasteiger partial charge in [0.15, 0.2) is 0 Å². The third kappa shape index (κ3) is 3.40. The SMILES string of the molecule is COC(=O)c1ccccc1S(=O)(=O)Nc1cc(F)cc(F)c1. The van der Waals surface area contributed by atoms with Crippen LogP contribution in [0, 0.1) is 11.6 Å². The van der Waals surface area contributed by atoms with Gasteiger partial charge in [0.25, 0.3) is 10.0 Å². The minimum Gasteiger partial charge on any atom is -0.465 e. The van der Waals surface area contributed by atoms with Crippen LogP contribution >= 0.6 is 0 Å². The first-order chi connectivity index (χ1) is 10.3. The van der Waals surface area contributed by atoms with E-state index in [1.54, 1.807) is 0 Å². The van der Waals surface area contributed by atoms with E-state index in [1.165, 1.54) is 24.3 Å². The van der Waals surface area contributed by atoms with E-state index in [4.69, 9.17) is 0 Å². The first kappa shape index (κ1) is 15.9. The highest BCUT2D eigenvalue weighted by atomic mass is 32.2. The molecule has 0 unspecified atom stereocenters. The van der Waals surface area contributed by atoms with Crippen molar-refractivity contribution in [2.24, 2.45) is 0 Å². The summed E-state index contributed by atoms with van der Waals surface area (Å²) in [4.78, 5) is 11.3. The van der Waals surface area contributed by atoms with Crippen molar-refractivity contribution in [2.75, 3.05) is 11.8 Å². The number of esters is 1. The average Bonchev–Trinajstić information content (AvgIpc) is 2.44. The van der Waals surface area contributed by atoms with E-state index in [2.05, 4.69) is 4.74 Å². The normalized spacial score (nSPS) is 11.0. The number of carbonyl (C=O) groups is 1. The third-order valence-corrected chi connectivity index (χ3v) is 4.14. The second-order valence-corrected chi connectivity index (χ2v) is 5.90. The van der Waals surface area contributed by atoms with E-state index in [0.29, 0.717) is 6.07 Å². The zero-order chi connectivity index (χ0) is 16.3. The van der Waals surface area contributed by atoms with Gasteiger partial charge in [-0.15, -0.1) is 0 Å². The topological polar surface area (TPSA) is 72.5 Å². The van der Waals surface area contributed by atoms with Gasteiger partial charge in [-0.3, -0.25) is 4.72 Å². The van der Waals surface area contributed by atoms with Crippen LogP contribution in [0.3, 0.4) is 0 Å². The first-order valence-electron chi connectivity index (χ1n) is 6.00. The first-order valence-corrected chi connectivity index (χ1v) is 7.48. The van der Waals surface area contributed by atoms with Crippen molar-refractivity contribution in [3.63, 3.8) is 0 Å². The number of anilines is 1. The van der Waals surface area contributed by atoms with Crippen molar-refractivity contribution in [2.45, 2.75) is 4.90 Å². The maximum atomic E-state index is 13.1. The molecule has 0 saturated carbocycles. The molecule has 0 aromatic heterocycles. The maximum Gasteiger partial charge on any atom is 0.339 e. The van der Waals surface area contributed by atoms with E-state index >= 15 is 0 Å². The Hall–Kier alpha value is -2.48. The van der Waals surface area contributed by atoms with Gasteiger partial charge in [0.05, 0.1) is 18.4 Å². The Bertz CT molecular complexity index is 801. The number of ether oxygens (including phenoxy) is 1. The van der Waals surface area contributed by atoms with Crippen molar-refractivity contribution < 1.29 is 26.7 Å². The van der Waals surface area contributed by atoms with Crippen LogP contribution in [0.15, 0.2) is 47.4 Å². The molecule has 5 nitrogen and oxygen atoms in total. The lowest BCUT2D eigenvalue weighted by atomic mass is 10.2. The fourth-order valence-corrected chi connectivity index (χ4v) is 3.04. The van der Waals surface area contributed by atoms with Gasteiger partial charge in [0.2, 0.25) is 0 Å². The number of rotatable bonds is 4. The monoisotopic (exact) mass is 327 g/mol. The Morgan fingerprint density at radius 3 is 2.27 bits per heavy atom. The molecule has 0 aliphatic rings. The fourth-order valence-electron chi connectivity index (χ4n) is 1.80. The van der Waals surface area contributed by atoms with Crippen molar-refractivity contribution in [3.8, 4) is 0 Å². The molecule has 0 amide bonds. The Labute approximate surface area is 125 Å². The standard InChI is InChI=1S/C14H11F2NO4S/c1-21-14(18)12-4-2-3-5-13(12)22(19,20)17-11-7-9(15)6-10(16)8-11/h2-8,17H,1H3. The Morgan fingerprint density at radius 2 is 1.68 bits per heavy atom. The summed E-state index contributed by atoms with van der Waals surface area (Å²) in [5, 5.41) is 0. The van der Waals surface area contributed by atoms with Gasteiger partial charge in [-0.05, 0) is 24.3 Å². The molecule has 8 heteroatoms. The van der Waals surface area contributed by atoms with Gasteiger partial charge in [0.1, 0.15) is 16.5 Å². The molecule has 0 heterocycles. The van der Waals surface area contributed by atoms with Crippen LogP contribution in [-0.4, -0.2) is 21.5 Å². The van der Waals surface area contributed by atoms with Gasteiger partial charge in [-0.25, -0.2) is 22.0 Å². The van der Waals surface area contributed by atoms with E-state index in [-0.39, 0.29) is 16.1 Å². The molecular formula is C14H11F2NO4S. The molecule has 116 valence electrons. The van der Waals surface area contributed by atoms with Crippen LogP contribution < -0.4 is 4.72 Å². The summed E-state index contributed by atoms with van der Waals surface area (Å²) in [6, 6.07) is 7.58. The minimum atomic E-state index is -4.22. The predicted octanol–water partition coefficient (Wildman–Crippen LogP) is 2.55. The van der Waals surface area contributed by atoms with Gasteiger partial charge in [-0.2, -0.15) is 0 Å². The van der Waals surface area contributed by atoms with Crippen molar-refractivity contribution >= 4 is 21.7 Å². The molecular weight excluding hydrogens is 316 g/mol. The lowest BCUT2D eigenvalue weighted by molar-refractivity contribution is 0.0596. The van der Waals surface area contributed by atoms with Crippen molar-refractivity contribution in [1.82, 2.24) is 0 Å². The molecule has 1 N–H and O–H groups in total. The highest BCUT2D eigenvalue weighted by molar-refractivity contribution is 7.92. The summed E-state index contributed by atoms with van der Waals surface area (Å²) in [5.74, 6) is -2.70. The summed E-state index contributed by atoms with van der Waals surface area (Å²) < 4.78 is 57.4. The second-order valence-electron chi connectivity index (χ2n) is 4.25. The number of halogens is 2. The molecule has 0 saturated heterocycles. The number of hydrogen-bond donors (Lipinski definition) is 1. The van der Waals surface area contributed by atoms with E-state index in [1.807, 2.05) is 4.72 Å². The summed E-state index contributed by atoms with van der Waals surface area (Å²) in [5.41, 5.74) is -0.480. The van der Waals surface area contributed by atoms with Crippen LogP contribution in [0.25, 0.3) is 0 Å². The number of benzene rings is 2. The summed E-state index contributed by atoms with van der Waals surface area (Å²) >= 11 is 0. The van der Waals surface area contributed by atoms with Crippen molar-refractivity contribution in [1.29, 1.82) is 0 Å². The number of methoxy groups -OCH3 is 1. The lowest BCUT2D eigenvalue weighted by Crippen LogP contribution is -2.17. The Kier molecular flexibility index (Phi) is 4.41. The third-order valence-electron chi connectivity index (χ3n) is 2.70. The van der Waals surface area contributed by atoms with Crippen LogP contribution in [0.4, 0.5) is 14.5 Å². The number of hydrogen-bond acceptors (Lipinski definition) is 4. The number of carbonyl (C=O) groups excluding carboxylic acids is 1. The van der Waals surface area contributed by atoms with Gasteiger partial charge >= 0.3 is 5.97 Å². The van der Waals surface area contributed by atoms with E-state index < -0.39 is 27.6 Å². The minimum absolute atomic E-state index is 0.186. The maximum absolute atomic E-state index is 13.1. The Balaban J connectivity index is 2.45. The zero-order valence-corrected chi connectivity index (χ0v) is 12.2. The van der Waals surface area contributed by atoms with Gasteiger partial charge in [0, 0.05) is 6.07 Å². The van der Waals surface area contributed by atoms with Crippen LogP contribution in [0.5, 0.6) is 0 Å². The van der Waals surface area contributed by atoms with Gasteiger partial charge in [-0.1, -0.05) is 12.1 Å². The Morgan fingerprint density at radius 1 is 1.09 bits per heavy atom. The summed E-state index contributed by atoms with van der Waals surface area (Å²) in [6.07, 6.45) is 0. The van der Waals surface area contributed by atoms with Crippen LogP contribution in [-0.2, 0) is 14.8 Å². The lowest BCUT2D eigenvalue weighted by Gasteiger charge is -2.11. The molecule has 2 aromatic carbocycles. The molecule has 0 spiro atoms. The number of nitrogens with one attached hydrogen (secondary N) is 1. The van der Waals surface area contributed by atoms with Crippen LogP contribution in [0.1, 0.15) is 10.4 Å². The molecule has 0 bridgehead atoms. The average molecular weight is 327 g/mol. The molecule has 2 rings (SSSR count). The largest absolute Gasteiger partial charge is 0.465 e. The second kappa shape index (κ2) is 6.10. The van der Waals surface area contributed by atoms with E-state index in [0.717, 1.165) is 19.2 Å². The predicted molar refractivity (Wildman–Crippen MR) is 74.9 cm³/mol. The molecule has 0 fully saturated rings. The fraction of sp³-hybridized carbons (Fsp3) is 0.0714. The summed E-state index contributed by atoms with van der Waals surface area (Å²) in [7, 11) is -3.10. The zero-order valence-electron chi connectivity index (χ0n) is 11.3. The highest BCUT2D eigenvalue weighted by Gasteiger charge is 2.23. The molecule has 0 aliphatic heterocycles. The van der Waals surface area contributed by atoms with E-state index in [9.17, 15) is 22.0 Å². The molecule has 0 radical (unpaired) electrons. The van der Waals surface area contributed by atoms with Crippen molar-refractivity contribution in [3.05, 3.63) is 59.7 Å². The molecule has 0 aliphatic carbocycles. The quantitative estimate of drug-likeness (QED) is 0.876. The number of sulfonamides is 1. The van der Waals surface area contributed by atoms with Gasteiger partial charge < -0.3 is 4.74 Å². The molecule has 0 atom stereocenters. The smallest absolute Gasteiger partial charge is 0.339 e. The highest BCUT2D eigenvalue weighted by Crippen LogP contribution is 2.21. The molecule has 22 heavy (non-hydrogen) atoms. The van der Waals surface area contributed by atoms with Crippen LogP contribution in [0.2, 0.25) is 0 Å².